The van der Waals surface area contributed by atoms with Gasteiger partial charge >= 0.3 is 0 Å². The van der Waals surface area contributed by atoms with Gasteiger partial charge < -0.3 is 10.4 Å². The summed E-state index contributed by atoms with van der Waals surface area (Å²) in [6, 6.07) is 15.1. The van der Waals surface area contributed by atoms with Crippen LogP contribution in [0.5, 0.6) is 0 Å². The van der Waals surface area contributed by atoms with E-state index in [4.69, 9.17) is 23.2 Å². The molecule has 2 aromatic rings. The Morgan fingerprint density at radius 2 is 1.57 bits per heavy atom. The molecule has 4 heteroatoms. The van der Waals surface area contributed by atoms with E-state index < -0.39 is 6.10 Å². The predicted octanol–water partition coefficient (Wildman–Crippen LogP) is 5.55. The molecule has 0 amide bonds. The van der Waals surface area contributed by atoms with Crippen molar-refractivity contribution in [1.29, 1.82) is 0 Å². The molecule has 2 atom stereocenters. The zero-order valence-corrected chi connectivity index (χ0v) is 15.0. The summed E-state index contributed by atoms with van der Waals surface area (Å²) in [5.74, 6) is 0. The summed E-state index contributed by atoms with van der Waals surface area (Å²) < 4.78 is 0. The van der Waals surface area contributed by atoms with E-state index in [1.165, 1.54) is 0 Å². The molecule has 0 unspecified atom stereocenters. The Bertz CT molecular complexity index is 611. The second kappa shape index (κ2) is 8.70. The third kappa shape index (κ3) is 4.95. The first-order valence-corrected chi connectivity index (χ1v) is 8.75. The number of aliphatic hydroxyl groups is 1. The third-order valence-corrected chi connectivity index (χ3v) is 4.62. The summed E-state index contributed by atoms with van der Waals surface area (Å²) in [7, 11) is 0. The molecule has 23 heavy (non-hydrogen) atoms. The number of halogens is 2. The van der Waals surface area contributed by atoms with E-state index in [9.17, 15) is 5.11 Å². The summed E-state index contributed by atoms with van der Waals surface area (Å²) in [5.41, 5.74) is 1.81. The van der Waals surface area contributed by atoms with Crippen LogP contribution in [0.2, 0.25) is 10.0 Å². The predicted molar refractivity (Wildman–Crippen MR) is 98.1 cm³/mol. The van der Waals surface area contributed by atoms with Gasteiger partial charge in [0.1, 0.15) is 0 Å². The lowest BCUT2D eigenvalue weighted by atomic mass is 9.94. The van der Waals surface area contributed by atoms with E-state index >= 15 is 0 Å². The van der Waals surface area contributed by atoms with Crippen LogP contribution in [0.4, 0.5) is 0 Å². The van der Waals surface area contributed by atoms with Gasteiger partial charge in [-0.05, 0) is 48.2 Å². The van der Waals surface area contributed by atoms with Gasteiger partial charge in [-0.2, -0.15) is 0 Å². The van der Waals surface area contributed by atoms with Crippen LogP contribution < -0.4 is 5.32 Å². The molecule has 0 aliphatic heterocycles. The highest BCUT2D eigenvalue weighted by atomic mass is 35.5. The highest BCUT2D eigenvalue weighted by Gasteiger charge is 2.24. The summed E-state index contributed by atoms with van der Waals surface area (Å²) in [4.78, 5) is 0. The van der Waals surface area contributed by atoms with Crippen LogP contribution in [0, 0.1) is 0 Å². The van der Waals surface area contributed by atoms with Crippen molar-refractivity contribution in [2.75, 3.05) is 0 Å². The van der Waals surface area contributed by atoms with E-state index in [1.54, 1.807) is 0 Å². The first-order chi connectivity index (χ1) is 11.0. The number of hydrogen-bond donors (Lipinski definition) is 2. The van der Waals surface area contributed by atoms with Crippen molar-refractivity contribution < 1.29 is 5.11 Å². The molecule has 0 saturated heterocycles. The van der Waals surface area contributed by atoms with Crippen LogP contribution in [-0.4, -0.2) is 11.1 Å². The molecule has 2 nitrogen and oxygen atoms in total. The maximum atomic E-state index is 10.9. The van der Waals surface area contributed by atoms with Crippen molar-refractivity contribution >= 4 is 23.2 Å². The molecular weight excluding hydrogens is 329 g/mol. The molecular formula is C19H23Cl2NO. The zero-order chi connectivity index (χ0) is 16.8. The van der Waals surface area contributed by atoms with Gasteiger partial charge in [0.25, 0.3) is 0 Å². The first kappa shape index (κ1) is 18.3. The smallest absolute Gasteiger partial charge is 0.0985 e. The van der Waals surface area contributed by atoms with Crippen LogP contribution >= 0.6 is 23.2 Å². The minimum Gasteiger partial charge on any atom is -0.386 e. The Balaban J connectivity index is 2.33. The molecule has 0 heterocycles. The molecule has 2 rings (SSSR count). The summed E-state index contributed by atoms with van der Waals surface area (Å²) in [5, 5.41) is 15.8. The van der Waals surface area contributed by atoms with E-state index in [-0.39, 0.29) is 6.04 Å². The Kier molecular flexibility index (Phi) is 6.91. The highest BCUT2D eigenvalue weighted by molar-refractivity contribution is 6.30. The Hall–Kier alpha value is -1.06. The maximum Gasteiger partial charge on any atom is 0.0985 e. The summed E-state index contributed by atoms with van der Waals surface area (Å²) in [6.45, 7) is 4.29. The van der Waals surface area contributed by atoms with Crippen molar-refractivity contribution in [3.8, 4) is 0 Å². The van der Waals surface area contributed by atoms with Gasteiger partial charge in [-0.25, -0.2) is 0 Å². The van der Waals surface area contributed by atoms with E-state index in [1.807, 2.05) is 48.5 Å². The number of hydrogen-bond acceptors (Lipinski definition) is 2. The van der Waals surface area contributed by atoms with Crippen LogP contribution in [-0.2, 0) is 0 Å². The second-order valence-corrected chi connectivity index (χ2v) is 6.58. The van der Waals surface area contributed by atoms with Crippen LogP contribution in [0.15, 0.2) is 48.5 Å². The number of aliphatic hydroxyl groups excluding tert-OH is 1. The summed E-state index contributed by atoms with van der Waals surface area (Å²) in [6.07, 6.45) is 1.32. The number of benzene rings is 2. The van der Waals surface area contributed by atoms with E-state index in [0.29, 0.717) is 16.1 Å². The molecule has 124 valence electrons. The Labute approximate surface area is 148 Å². The van der Waals surface area contributed by atoms with Crippen LogP contribution in [0.1, 0.15) is 50.0 Å². The van der Waals surface area contributed by atoms with Gasteiger partial charge in [0, 0.05) is 16.1 Å². The van der Waals surface area contributed by atoms with Crippen molar-refractivity contribution in [2.24, 2.45) is 0 Å². The normalized spacial score (nSPS) is 14.0. The second-order valence-electron chi connectivity index (χ2n) is 5.71. The minimum atomic E-state index is -0.685. The van der Waals surface area contributed by atoms with Gasteiger partial charge in [-0.1, -0.05) is 61.3 Å². The molecule has 0 saturated carbocycles. The maximum absolute atomic E-state index is 10.9. The summed E-state index contributed by atoms with van der Waals surface area (Å²) >= 11 is 12.1. The third-order valence-electron chi connectivity index (χ3n) is 4.14. The Morgan fingerprint density at radius 3 is 2.13 bits per heavy atom. The molecule has 0 bridgehead atoms. The molecule has 0 spiro atoms. The van der Waals surface area contributed by atoms with Gasteiger partial charge in [0.15, 0.2) is 0 Å². The minimum absolute atomic E-state index is 0.212. The zero-order valence-electron chi connectivity index (χ0n) is 13.5. The SMILES string of the molecule is CCC(CC)N[C@H](c1ccc(Cl)cc1)[C@H](O)c1cccc(Cl)c1. The highest BCUT2D eigenvalue weighted by Crippen LogP contribution is 2.31. The van der Waals surface area contributed by atoms with Crippen molar-refractivity contribution in [3.05, 3.63) is 69.7 Å². The average Bonchev–Trinajstić information content (AvgIpc) is 2.56. The molecule has 2 aromatic carbocycles. The topological polar surface area (TPSA) is 32.3 Å². The molecule has 0 aliphatic rings. The molecule has 0 aromatic heterocycles. The lowest BCUT2D eigenvalue weighted by Crippen LogP contribution is -2.35. The fourth-order valence-electron chi connectivity index (χ4n) is 2.70. The Morgan fingerprint density at radius 1 is 0.913 bits per heavy atom. The van der Waals surface area contributed by atoms with Gasteiger partial charge in [0.05, 0.1) is 12.1 Å². The molecule has 0 aliphatic carbocycles. The monoisotopic (exact) mass is 351 g/mol. The van der Waals surface area contributed by atoms with E-state index in [0.717, 1.165) is 24.0 Å². The molecule has 0 fully saturated rings. The van der Waals surface area contributed by atoms with Crippen LogP contribution in [0.3, 0.4) is 0 Å². The fraction of sp³-hybridized carbons (Fsp3) is 0.368. The molecule has 2 N–H and O–H groups in total. The average molecular weight is 352 g/mol. The van der Waals surface area contributed by atoms with Crippen molar-refractivity contribution in [2.45, 2.75) is 44.9 Å². The quantitative estimate of drug-likeness (QED) is 0.685. The lowest BCUT2D eigenvalue weighted by molar-refractivity contribution is 0.120. The first-order valence-electron chi connectivity index (χ1n) is 8.00. The lowest BCUT2D eigenvalue weighted by Gasteiger charge is -2.29. The largest absolute Gasteiger partial charge is 0.386 e. The standard InChI is InChI=1S/C19H23Cl2NO/c1-3-17(4-2)22-18(13-8-10-15(20)11-9-13)19(23)14-6-5-7-16(21)12-14/h5-12,17-19,22-23H,3-4H2,1-2H3/t18-,19-/m1/s1. The van der Waals surface area contributed by atoms with E-state index in [2.05, 4.69) is 19.2 Å². The number of rotatable bonds is 7. The van der Waals surface area contributed by atoms with Crippen molar-refractivity contribution in [1.82, 2.24) is 5.32 Å². The fourth-order valence-corrected chi connectivity index (χ4v) is 3.03. The van der Waals surface area contributed by atoms with Crippen LogP contribution in [0.25, 0.3) is 0 Å². The molecule has 0 radical (unpaired) electrons. The van der Waals surface area contributed by atoms with Crippen molar-refractivity contribution in [3.63, 3.8) is 0 Å². The van der Waals surface area contributed by atoms with Gasteiger partial charge in [-0.3, -0.25) is 0 Å². The van der Waals surface area contributed by atoms with Gasteiger partial charge in [0.2, 0.25) is 0 Å². The van der Waals surface area contributed by atoms with Gasteiger partial charge in [-0.15, -0.1) is 0 Å². The number of nitrogens with one attached hydrogen (secondary N) is 1.